The molecule has 0 saturated heterocycles. The van der Waals surface area contributed by atoms with Crippen molar-refractivity contribution >= 4 is 11.9 Å². The summed E-state index contributed by atoms with van der Waals surface area (Å²) in [5, 5.41) is 8.85. The van der Waals surface area contributed by atoms with Gasteiger partial charge in [-0.25, -0.2) is 0 Å². The summed E-state index contributed by atoms with van der Waals surface area (Å²) < 4.78 is 6.02. The molecule has 0 amide bonds. The first-order chi connectivity index (χ1) is 25.6. The van der Waals surface area contributed by atoms with E-state index in [2.05, 4.69) is 62.5 Å². The van der Waals surface area contributed by atoms with Gasteiger partial charge in [0.15, 0.2) is 0 Å². The Balaban J connectivity index is 4.05. The van der Waals surface area contributed by atoms with Gasteiger partial charge in [0.1, 0.15) is 6.10 Å². The Bertz CT molecular complexity index is 870. The highest BCUT2D eigenvalue weighted by Gasteiger charge is 2.14. The standard InChI is InChI=1S/C48H86O4/c1-3-5-7-9-11-13-15-17-19-20-21-22-24-26-28-30-32-37-41-45-48(51)52-46(43-39-35-33-36-40-44-47(49)50)42-38-34-31-29-27-25-23-18-16-14-12-10-8-6-4-2/h11,13,16-19,25,27,46H,3-10,12,14-15,20-24,26,28-45H2,1-2H3,(H,49,50)/b13-11-,18-16-,19-17-,27-25-. The molecule has 0 aromatic rings. The van der Waals surface area contributed by atoms with Crippen molar-refractivity contribution in [3.05, 3.63) is 48.6 Å². The number of carbonyl (C=O) groups is 2. The van der Waals surface area contributed by atoms with Crippen LogP contribution in [0.1, 0.15) is 239 Å². The molecule has 0 aliphatic heterocycles. The van der Waals surface area contributed by atoms with Gasteiger partial charge in [-0.2, -0.15) is 0 Å². The van der Waals surface area contributed by atoms with Crippen LogP contribution in [0.25, 0.3) is 0 Å². The smallest absolute Gasteiger partial charge is 0.306 e. The van der Waals surface area contributed by atoms with Crippen molar-refractivity contribution in [1.29, 1.82) is 0 Å². The van der Waals surface area contributed by atoms with Gasteiger partial charge in [0.2, 0.25) is 0 Å². The molecule has 0 radical (unpaired) electrons. The number of hydrogen-bond acceptors (Lipinski definition) is 3. The van der Waals surface area contributed by atoms with Crippen LogP contribution in [-0.4, -0.2) is 23.1 Å². The summed E-state index contributed by atoms with van der Waals surface area (Å²) in [5.74, 6) is -0.718. The van der Waals surface area contributed by atoms with Gasteiger partial charge < -0.3 is 9.84 Å². The fourth-order valence-electron chi connectivity index (χ4n) is 6.66. The van der Waals surface area contributed by atoms with E-state index in [1.807, 2.05) is 0 Å². The summed E-state index contributed by atoms with van der Waals surface area (Å²) >= 11 is 0. The van der Waals surface area contributed by atoms with Gasteiger partial charge in [0, 0.05) is 12.8 Å². The first-order valence-corrected chi connectivity index (χ1v) is 22.6. The maximum atomic E-state index is 12.7. The highest BCUT2D eigenvalue weighted by Crippen LogP contribution is 2.18. The van der Waals surface area contributed by atoms with E-state index in [0.29, 0.717) is 6.42 Å². The number of allylic oxidation sites excluding steroid dienone is 8. The van der Waals surface area contributed by atoms with Gasteiger partial charge in [-0.05, 0) is 103 Å². The largest absolute Gasteiger partial charge is 0.481 e. The molecule has 1 atom stereocenters. The lowest BCUT2D eigenvalue weighted by molar-refractivity contribution is -0.150. The predicted molar refractivity (Wildman–Crippen MR) is 227 cm³/mol. The first kappa shape index (κ1) is 49.9. The normalized spacial score (nSPS) is 12.7. The van der Waals surface area contributed by atoms with Crippen molar-refractivity contribution < 1.29 is 19.4 Å². The summed E-state index contributed by atoms with van der Waals surface area (Å²) in [5.41, 5.74) is 0. The average molecular weight is 727 g/mol. The lowest BCUT2D eigenvalue weighted by Gasteiger charge is -2.18. The second-order valence-electron chi connectivity index (χ2n) is 15.2. The van der Waals surface area contributed by atoms with Crippen molar-refractivity contribution in [3.63, 3.8) is 0 Å². The third-order valence-electron chi connectivity index (χ3n) is 10.0. The molecule has 1 N–H and O–H groups in total. The minimum absolute atomic E-state index is 0.0135. The van der Waals surface area contributed by atoms with Crippen molar-refractivity contribution in [2.45, 2.75) is 245 Å². The Labute approximate surface area is 323 Å². The van der Waals surface area contributed by atoms with Crippen LogP contribution in [0.2, 0.25) is 0 Å². The maximum absolute atomic E-state index is 12.7. The minimum Gasteiger partial charge on any atom is -0.481 e. The Kier molecular flexibility index (Phi) is 41.6. The zero-order valence-corrected chi connectivity index (χ0v) is 34.6. The molecule has 0 aromatic heterocycles. The quantitative estimate of drug-likeness (QED) is 0.0387. The molecule has 0 aliphatic rings. The molecule has 0 saturated carbocycles. The number of carbonyl (C=O) groups excluding carboxylic acids is 1. The molecule has 4 heteroatoms. The number of unbranched alkanes of at least 4 members (excludes halogenated alkanes) is 24. The molecule has 0 aliphatic carbocycles. The number of aliphatic carboxylic acids is 1. The summed E-state index contributed by atoms with van der Waals surface area (Å²) in [6.07, 6.45) is 58.5. The summed E-state index contributed by atoms with van der Waals surface area (Å²) in [6, 6.07) is 0. The molecular weight excluding hydrogens is 641 g/mol. The van der Waals surface area contributed by atoms with Gasteiger partial charge in [0.05, 0.1) is 0 Å². The lowest BCUT2D eigenvalue weighted by atomic mass is 10.0. The predicted octanol–water partition coefficient (Wildman–Crippen LogP) is 15.9. The highest BCUT2D eigenvalue weighted by molar-refractivity contribution is 5.69. The number of rotatable bonds is 41. The molecule has 52 heavy (non-hydrogen) atoms. The van der Waals surface area contributed by atoms with Gasteiger partial charge >= 0.3 is 11.9 Å². The topological polar surface area (TPSA) is 63.6 Å². The molecular formula is C48H86O4. The molecule has 0 bridgehead atoms. The Morgan fingerprint density at radius 2 is 0.750 bits per heavy atom. The third-order valence-corrected chi connectivity index (χ3v) is 10.0. The van der Waals surface area contributed by atoms with Gasteiger partial charge in [0.25, 0.3) is 0 Å². The van der Waals surface area contributed by atoms with Crippen LogP contribution in [-0.2, 0) is 14.3 Å². The Hall–Kier alpha value is -2.10. The van der Waals surface area contributed by atoms with E-state index >= 15 is 0 Å². The third kappa shape index (κ3) is 42.3. The zero-order valence-electron chi connectivity index (χ0n) is 34.6. The highest BCUT2D eigenvalue weighted by atomic mass is 16.5. The van der Waals surface area contributed by atoms with E-state index in [0.717, 1.165) is 83.5 Å². The minimum atomic E-state index is -0.704. The van der Waals surface area contributed by atoms with Crippen LogP contribution in [0.15, 0.2) is 48.6 Å². The number of carboxylic acids is 1. The number of ether oxygens (including phenoxy) is 1. The fraction of sp³-hybridized carbons (Fsp3) is 0.792. The van der Waals surface area contributed by atoms with Crippen LogP contribution in [0.5, 0.6) is 0 Å². The summed E-state index contributed by atoms with van der Waals surface area (Å²) in [6.45, 7) is 4.52. The monoisotopic (exact) mass is 727 g/mol. The summed E-state index contributed by atoms with van der Waals surface area (Å²) in [4.78, 5) is 23.5. The van der Waals surface area contributed by atoms with E-state index in [4.69, 9.17) is 9.84 Å². The molecule has 0 rings (SSSR count). The molecule has 0 heterocycles. The fourth-order valence-corrected chi connectivity index (χ4v) is 6.66. The van der Waals surface area contributed by atoms with E-state index in [9.17, 15) is 9.59 Å². The van der Waals surface area contributed by atoms with E-state index in [-0.39, 0.29) is 18.5 Å². The average Bonchev–Trinajstić information content (AvgIpc) is 3.13. The Morgan fingerprint density at radius 3 is 1.19 bits per heavy atom. The molecule has 4 nitrogen and oxygen atoms in total. The van der Waals surface area contributed by atoms with Gasteiger partial charge in [-0.15, -0.1) is 0 Å². The SMILES string of the molecule is CCCCC/C=C\C/C=C\CCCCCCCCCCCC(=O)OC(CCCCC/C=C\C/C=C\CCCCCCC)CCCCCCCC(=O)O. The van der Waals surface area contributed by atoms with E-state index in [1.165, 1.54) is 128 Å². The number of esters is 1. The van der Waals surface area contributed by atoms with Gasteiger partial charge in [-0.3, -0.25) is 9.59 Å². The van der Waals surface area contributed by atoms with Crippen LogP contribution in [0.3, 0.4) is 0 Å². The van der Waals surface area contributed by atoms with Crippen molar-refractivity contribution in [2.75, 3.05) is 0 Å². The van der Waals surface area contributed by atoms with Crippen molar-refractivity contribution in [3.8, 4) is 0 Å². The zero-order chi connectivity index (χ0) is 37.8. The van der Waals surface area contributed by atoms with Gasteiger partial charge in [-0.1, -0.05) is 172 Å². The number of carboxylic acid groups (broad SMARTS) is 1. The van der Waals surface area contributed by atoms with Crippen LogP contribution in [0.4, 0.5) is 0 Å². The second-order valence-corrected chi connectivity index (χ2v) is 15.2. The molecule has 1 unspecified atom stereocenters. The van der Waals surface area contributed by atoms with Crippen molar-refractivity contribution in [2.24, 2.45) is 0 Å². The lowest BCUT2D eigenvalue weighted by Crippen LogP contribution is -2.18. The second kappa shape index (κ2) is 43.3. The number of hydrogen-bond donors (Lipinski definition) is 1. The molecule has 0 spiro atoms. The van der Waals surface area contributed by atoms with E-state index in [1.54, 1.807) is 0 Å². The Morgan fingerprint density at radius 1 is 0.423 bits per heavy atom. The molecule has 0 fully saturated rings. The van der Waals surface area contributed by atoms with Crippen LogP contribution < -0.4 is 0 Å². The van der Waals surface area contributed by atoms with Crippen LogP contribution in [0, 0.1) is 0 Å². The van der Waals surface area contributed by atoms with Crippen molar-refractivity contribution in [1.82, 2.24) is 0 Å². The van der Waals surface area contributed by atoms with Crippen LogP contribution >= 0.6 is 0 Å². The maximum Gasteiger partial charge on any atom is 0.306 e. The first-order valence-electron chi connectivity index (χ1n) is 22.6. The molecule has 302 valence electrons. The summed E-state index contributed by atoms with van der Waals surface area (Å²) in [7, 11) is 0. The van der Waals surface area contributed by atoms with E-state index < -0.39 is 5.97 Å². The molecule has 0 aromatic carbocycles.